The minimum Gasteiger partial charge on any atom is -0.353 e. The predicted octanol–water partition coefficient (Wildman–Crippen LogP) is 3.69. The number of alkyl halides is 1. The quantitative estimate of drug-likeness (QED) is 0.822. The van der Waals surface area contributed by atoms with Gasteiger partial charge in [0.1, 0.15) is 0 Å². The Balaban J connectivity index is 2.02. The number of thiophene rings is 1. The third kappa shape index (κ3) is 3.07. The smallest absolute Gasteiger partial charge is 0.227 e. The van der Waals surface area contributed by atoms with Crippen molar-refractivity contribution in [2.45, 2.75) is 51.0 Å². The summed E-state index contributed by atoms with van der Waals surface area (Å²) in [6.45, 7) is 2.09. The summed E-state index contributed by atoms with van der Waals surface area (Å²) in [7, 11) is 0. The zero-order valence-electron chi connectivity index (χ0n) is 10.7. The van der Waals surface area contributed by atoms with Gasteiger partial charge in [-0.15, -0.1) is 22.9 Å². The summed E-state index contributed by atoms with van der Waals surface area (Å²) in [6.07, 6.45) is 5.04. The van der Waals surface area contributed by atoms with Crippen LogP contribution in [0, 0.1) is 0 Å². The normalized spacial score (nSPS) is 20.2. The molecule has 1 aliphatic rings. The highest BCUT2D eigenvalue weighted by molar-refractivity contribution is 7.10. The summed E-state index contributed by atoms with van der Waals surface area (Å²) in [5.41, 5.74) is 1.25. The maximum atomic E-state index is 12.4. The van der Waals surface area contributed by atoms with E-state index in [1.54, 1.807) is 11.3 Å². The van der Waals surface area contributed by atoms with Crippen LogP contribution in [-0.2, 0) is 11.2 Å². The fraction of sp³-hybridized carbons (Fsp3) is 0.643. The maximum Gasteiger partial charge on any atom is 0.227 e. The molecule has 0 saturated carbocycles. The molecule has 0 aliphatic heterocycles. The Morgan fingerprint density at radius 3 is 3.22 bits per heavy atom. The minimum atomic E-state index is 0.0596. The molecule has 1 N–H and O–H groups in total. The van der Waals surface area contributed by atoms with E-state index in [0.29, 0.717) is 5.88 Å². The second-order valence-corrected chi connectivity index (χ2v) is 6.21. The molecule has 0 spiro atoms. The second kappa shape index (κ2) is 6.58. The molecule has 1 aromatic rings. The molecule has 1 amide bonds. The van der Waals surface area contributed by atoms with Gasteiger partial charge >= 0.3 is 0 Å². The summed E-state index contributed by atoms with van der Waals surface area (Å²) in [5.74, 6) is 0.850. The van der Waals surface area contributed by atoms with E-state index in [4.69, 9.17) is 11.6 Å². The van der Waals surface area contributed by atoms with Crippen LogP contribution in [0.1, 0.15) is 49.0 Å². The van der Waals surface area contributed by atoms with E-state index in [2.05, 4.69) is 23.7 Å². The van der Waals surface area contributed by atoms with Gasteiger partial charge in [-0.1, -0.05) is 6.92 Å². The molecule has 0 aromatic carbocycles. The van der Waals surface area contributed by atoms with Gasteiger partial charge in [0.05, 0.1) is 5.92 Å². The molecule has 2 unspecified atom stereocenters. The van der Waals surface area contributed by atoms with Gasteiger partial charge in [0.15, 0.2) is 0 Å². The number of hydrogen-bond acceptors (Lipinski definition) is 2. The van der Waals surface area contributed by atoms with Crippen LogP contribution < -0.4 is 5.32 Å². The van der Waals surface area contributed by atoms with Gasteiger partial charge in [-0.3, -0.25) is 4.79 Å². The van der Waals surface area contributed by atoms with Crippen LogP contribution in [0.15, 0.2) is 11.4 Å². The number of amides is 1. The molecular formula is C14H20ClNOS. The van der Waals surface area contributed by atoms with Crippen molar-refractivity contribution in [3.05, 3.63) is 21.9 Å². The van der Waals surface area contributed by atoms with Gasteiger partial charge in [0, 0.05) is 16.8 Å². The average molecular weight is 286 g/mol. The maximum absolute atomic E-state index is 12.4. The number of rotatable bonds is 5. The topological polar surface area (TPSA) is 29.1 Å². The first-order valence-corrected chi connectivity index (χ1v) is 8.10. The average Bonchev–Trinajstić information content (AvgIpc) is 2.85. The Hall–Kier alpha value is -0.540. The molecule has 2 rings (SSSR count). The van der Waals surface area contributed by atoms with Gasteiger partial charge < -0.3 is 5.32 Å². The van der Waals surface area contributed by atoms with Crippen LogP contribution in [0.25, 0.3) is 0 Å². The summed E-state index contributed by atoms with van der Waals surface area (Å²) in [5, 5.41) is 5.25. The summed E-state index contributed by atoms with van der Waals surface area (Å²) in [4.78, 5) is 13.7. The molecule has 0 radical (unpaired) electrons. The highest BCUT2D eigenvalue weighted by Gasteiger charge is 2.28. The van der Waals surface area contributed by atoms with Crippen molar-refractivity contribution in [3.63, 3.8) is 0 Å². The minimum absolute atomic E-state index is 0.0596. The van der Waals surface area contributed by atoms with E-state index in [1.807, 2.05) is 0 Å². The molecule has 4 heteroatoms. The van der Waals surface area contributed by atoms with Crippen LogP contribution in [0.4, 0.5) is 0 Å². The number of carbonyl (C=O) groups is 1. The monoisotopic (exact) mass is 285 g/mol. The Labute approximate surface area is 118 Å². The number of aryl methyl sites for hydroxylation is 1. The zero-order valence-corrected chi connectivity index (χ0v) is 12.3. The molecule has 1 heterocycles. The van der Waals surface area contributed by atoms with Crippen molar-refractivity contribution in [3.8, 4) is 0 Å². The largest absolute Gasteiger partial charge is 0.353 e. The van der Waals surface area contributed by atoms with Gasteiger partial charge in [-0.25, -0.2) is 0 Å². The van der Waals surface area contributed by atoms with Crippen molar-refractivity contribution in [2.75, 3.05) is 5.88 Å². The molecule has 0 bridgehead atoms. The molecule has 2 atom stereocenters. The Bertz CT molecular complexity index is 404. The molecule has 18 heavy (non-hydrogen) atoms. The fourth-order valence-corrected chi connectivity index (χ4v) is 3.82. The van der Waals surface area contributed by atoms with E-state index >= 15 is 0 Å². The molecule has 100 valence electrons. The summed E-state index contributed by atoms with van der Waals surface area (Å²) < 4.78 is 0. The number of fused-ring (bicyclic) bond motifs is 1. The molecule has 1 aromatic heterocycles. The third-order valence-electron chi connectivity index (χ3n) is 3.67. The SMILES string of the molecule is CCC(CCCl)NC(=O)C1CCCc2sccc21. The standard InChI is InChI=1S/C14H20ClNOS/c1-2-10(6-8-15)16-14(17)12-4-3-5-13-11(12)7-9-18-13/h7,9-10,12H,2-6,8H2,1H3,(H,16,17). The first-order valence-electron chi connectivity index (χ1n) is 6.68. The van der Waals surface area contributed by atoms with E-state index in [1.165, 1.54) is 10.4 Å². The lowest BCUT2D eigenvalue weighted by molar-refractivity contribution is -0.123. The van der Waals surface area contributed by atoms with Crippen LogP contribution in [0.3, 0.4) is 0 Å². The molecule has 0 saturated heterocycles. The lowest BCUT2D eigenvalue weighted by atomic mass is 9.87. The number of nitrogens with one attached hydrogen (secondary N) is 1. The summed E-state index contributed by atoms with van der Waals surface area (Å²) >= 11 is 7.54. The number of hydrogen-bond donors (Lipinski definition) is 1. The first-order chi connectivity index (χ1) is 8.76. The van der Waals surface area contributed by atoms with E-state index in [9.17, 15) is 4.79 Å². The highest BCUT2D eigenvalue weighted by Crippen LogP contribution is 2.35. The summed E-state index contributed by atoms with van der Waals surface area (Å²) in [6, 6.07) is 2.34. The first kappa shape index (κ1) is 13.9. The second-order valence-electron chi connectivity index (χ2n) is 4.84. The van der Waals surface area contributed by atoms with E-state index in [-0.39, 0.29) is 17.9 Å². The fourth-order valence-electron chi connectivity index (χ4n) is 2.57. The van der Waals surface area contributed by atoms with Crippen molar-refractivity contribution >= 4 is 28.8 Å². The van der Waals surface area contributed by atoms with Gasteiger partial charge in [-0.2, -0.15) is 0 Å². The van der Waals surface area contributed by atoms with E-state index < -0.39 is 0 Å². The molecule has 0 fully saturated rings. The predicted molar refractivity (Wildman–Crippen MR) is 77.6 cm³/mol. The molecule has 2 nitrogen and oxygen atoms in total. The lowest BCUT2D eigenvalue weighted by Gasteiger charge is -2.24. The van der Waals surface area contributed by atoms with Crippen molar-refractivity contribution < 1.29 is 4.79 Å². The zero-order chi connectivity index (χ0) is 13.0. The van der Waals surface area contributed by atoms with Crippen LogP contribution in [0.2, 0.25) is 0 Å². The van der Waals surface area contributed by atoms with E-state index in [0.717, 1.165) is 32.1 Å². The van der Waals surface area contributed by atoms with Crippen LogP contribution >= 0.6 is 22.9 Å². The van der Waals surface area contributed by atoms with Crippen molar-refractivity contribution in [1.82, 2.24) is 5.32 Å². The molecule has 1 aliphatic carbocycles. The highest BCUT2D eigenvalue weighted by atomic mass is 35.5. The van der Waals surface area contributed by atoms with Gasteiger partial charge in [-0.05, 0) is 49.1 Å². The van der Waals surface area contributed by atoms with Crippen molar-refractivity contribution in [2.24, 2.45) is 0 Å². The van der Waals surface area contributed by atoms with Gasteiger partial charge in [0.25, 0.3) is 0 Å². The Kier molecular flexibility index (Phi) is 5.07. The van der Waals surface area contributed by atoms with Crippen molar-refractivity contribution in [1.29, 1.82) is 0 Å². The van der Waals surface area contributed by atoms with Gasteiger partial charge in [0.2, 0.25) is 5.91 Å². The van der Waals surface area contributed by atoms with Crippen LogP contribution in [-0.4, -0.2) is 17.8 Å². The number of carbonyl (C=O) groups excluding carboxylic acids is 1. The Morgan fingerprint density at radius 2 is 2.50 bits per heavy atom. The molecular weight excluding hydrogens is 266 g/mol. The number of halogens is 1. The Morgan fingerprint density at radius 1 is 1.67 bits per heavy atom. The lowest BCUT2D eigenvalue weighted by Crippen LogP contribution is -2.38. The third-order valence-corrected chi connectivity index (χ3v) is 4.88. The van der Waals surface area contributed by atoms with Crippen LogP contribution in [0.5, 0.6) is 0 Å².